The molecule has 1 aromatic carbocycles. The molecule has 0 saturated heterocycles. The summed E-state index contributed by atoms with van der Waals surface area (Å²) in [6.07, 6.45) is 0. The number of halogens is 1. The van der Waals surface area contributed by atoms with Crippen molar-refractivity contribution in [1.82, 2.24) is 0 Å². The molecule has 0 aliphatic heterocycles. The molecule has 0 N–H and O–H groups in total. The van der Waals surface area contributed by atoms with Gasteiger partial charge in [-0.15, -0.1) is 0 Å². The van der Waals surface area contributed by atoms with Gasteiger partial charge in [-0.2, -0.15) is 0 Å². The van der Waals surface area contributed by atoms with Gasteiger partial charge in [0.2, 0.25) is 0 Å². The van der Waals surface area contributed by atoms with Crippen LogP contribution in [0.25, 0.3) is 0 Å². The van der Waals surface area contributed by atoms with Crippen molar-refractivity contribution in [2.24, 2.45) is 0 Å². The number of benzene rings is 1. The number of hydrogen-bond donors (Lipinski definition) is 0. The molecule has 0 aliphatic carbocycles. The molecule has 0 radical (unpaired) electrons. The van der Waals surface area contributed by atoms with Crippen molar-refractivity contribution in [3.05, 3.63) is 30.3 Å². The summed E-state index contributed by atoms with van der Waals surface area (Å²) < 4.78 is 5.28. The topological polar surface area (TPSA) is 9.23 Å². The third-order valence-corrected chi connectivity index (χ3v) is 3.79. The molecule has 1 rings (SSSR count). The van der Waals surface area contributed by atoms with Crippen LogP contribution in [0.2, 0.25) is 0 Å². The van der Waals surface area contributed by atoms with Gasteiger partial charge in [-0.25, -0.2) is 0 Å². The van der Waals surface area contributed by atoms with Crippen LogP contribution in [0.1, 0.15) is 6.92 Å². The fourth-order valence-corrected chi connectivity index (χ4v) is 2.70. The van der Waals surface area contributed by atoms with Gasteiger partial charge in [-0.1, -0.05) is 0 Å². The summed E-state index contributed by atoms with van der Waals surface area (Å²) in [7, 11) is 1.81. The first-order chi connectivity index (χ1) is 5.43. The van der Waals surface area contributed by atoms with E-state index in [1.807, 2.05) is 25.1 Å². The van der Waals surface area contributed by atoms with Crippen LogP contribution < -0.4 is 12.4 Å². The zero-order valence-electron chi connectivity index (χ0n) is 6.87. The SMILES string of the molecule is CC[O][Al+][S]c1ccccc1.[Cl-]. The van der Waals surface area contributed by atoms with Gasteiger partial charge >= 0.3 is 77.1 Å². The van der Waals surface area contributed by atoms with Crippen LogP contribution in [-0.4, -0.2) is 21.0 Å². The molecule has 0 spiro atoms. The van der Waals surface area contributed by atoms with Gasteiger partial charge in [0.05, 0.1) is 0 Å². The van der Waals surface area contributed by atoms with Crippen LogP contribution in [0.5, 0.6) is 0 Å². The average molecular weight is 217 g/mol. The minimum absolute atomic E-state index is 0. The van der Waals surface area contributed by atoms with Crippen LogP contribution >= 0.6 is 10.1 Å². The smallest absolute Gasteiger partial charge is 1.00 e. The molecule has 0 fully saturated rings. The summed E-state index contributed by atoms with van der Waals surface area (Å²) in [6.45, 7) is 2.85. The third-order valence-electron chi connectivity index (χ3n) is 1.16. The van der Waals surface area contributed by atoms with E-state index in [0.29, 0.717) is 0 Å². The monoisotopic (exact) mass is 216 g/mol. The van der Waals surface area contributed by atoms with Crippen LogP contribution in [0.4, 0.5) is 0 Å². The Morgan fingerprint density at radius 2 is 2.00 bits per heavy atom. The predicted molar refractivity (Wildman–Crippen MR) is 49.7 cm³/mol. The molecule has 0 bridgehead atoms. The van der Waals surface area contributed by atoms with Gasteiger partial charge < -0.3 is 12.4 Å². The molecular formula is C8H10AlClOS. The first-order valence-electron chi connectivity index (χ1n) is 3.58. The van der Waals surface area contributed by atoms with Gasteiger partial charge in [0.15, 0.2) is 0 Å². The molecule has 0 saturated carbocycles. The van der Waals surface area contributed by atoms with E-state index in [0.717, 1.165) is 6.61 Å². The van der Waals surface area contributed by atoms with Crippen molar-refractivity contribution in [3.63, 3.8) is 0 Å². The van der Waals surface area contributed by atoms with E-state index in [1.54, 1.807) is 10.1 Å². The largest absolute Gasteiger partial charge is 1.00 e. The van der Waals surface area contributed by atoms with Gasteiger partial charge in [-0.05, 0) is 0 Å². The van der Waals surface area contributed by atoms with E-state index in [9.17, 15) is 0 Å². The van der Waals surface area contributed by atoms with Crippen LogP contribution in [0.3, 0.4) is 0 Å². The second-order valence-electron chi connectivity index (χ2n) is 1.98. The molecule has 0 atom stereocenters. The molecule has 12 heavy (non-hydrogen) atoms. The van der Waals surface area contributed by atoms with E-state index in [2.05, 4.69) is 12.1 Å². The molecule has 0 amide bonds. The van der Waals surface area contributed by atoms with E-state index >= 15 is 0 Å². The molecule has 0 unspecified atom stereocenters. The summed E-state index contributed by atoms with van der Waals surface area (Å²) in [6, 6.07) is 10.3. The predicted octanol–water partition coefficient (Wildman–Crippen LogP) is -0.647. The quantitative estimate of drug-likeness (QED) is 0.489. The standard InChI is InChI=1S/C6H6S.C2H5O.Al.ClH/c7-6-4-2-1-3-5-6;1-2-3;;/h1-5,7H;2H2,1H3;;1H/q;-1;+3;/p-2. The first-order valence-corrected chi connectivity index (χ1v) is 6.35. The van der Waals surface area contributed by atoms with Crippen molar-refractivity contribution < 1.29 is 16.2 Å². The van der Waals surface area contributed by atoms with Crippen LogP contribution in [0.15, 0.2) is 35.2 Å². The second-order valence-corrected chi connectivity index (χ2v) is 4.50. The van der Waals surface area contributed by atoms with Gasteiger partial charge in [-0.3, -0.25) is 0 Å². The van der Waals surface area contributed by atoms with Crippen molar-refractivity contribution in [2.45, 2.75) is 11.8 Å². The van der Waals surface area contributed by atoms with Gasteiger partial charge in [0, 0.05) is 0 Å². The molecule has 64 valence electrons. The molecule has 0 aliphatic rings. The summed E-state index contributed by atoms with van der Waals surface area (Å²) in [5.41, 5.74) is 0. The van der Waals surface area contributed by atoms with E-state index in [1.165, 1.54) is 4.90 Å². The van der Waals surface area contributed by atoms with Crippen LogP contribution in [-0.2, 0) is 3.79 Å². The maximum absolute atomic E-state index is 5.28. The molecule has 1 aromatic rings. The second kappa shape index (κ2) is 7.97. The van der Waals surface area contributed by atoms with Gasteiger partial charge in [0.1, 0.15) is 0 Å². The number of hydrogen-bond acceptors (Lipinski definition) is 2. The van der Waals surface area contributed by atoms with Crippen molar-refractivity contribution >= 4 is 24.5 Å². The zero-order chi connectivity index (χ0) is 7.94. The Morgan fingerprint density at radius 3 is 2.58 bits per heavy atom. The fraction of sp³-hybridized carbons (Fsp3) is 0.250. The summed E-state index contributed by atoms with van der Waals surface area (Å²) in [5, 5.41) is 0. The van der Waals surface area contributed by atoms with Gasteiger partial charge in [0.25, 0.3) is 0 Å². The fourth-order valence-electron chi connectivity index (χ4n) is 0.657. The molecule has 0 heterocycles. The Bertz CT molecular complexity index is 196. The van der Waals surface area contributed by atoms with Crippen molar-refractivity contribution in [1.29, 1.82) is 0 Å². The summed E-state index contributed by atoms with van der Waals surface area (Å²) in [4.78, 5) is 1.30. The minimum atomic E-state index is 0. The number of rotatable bonds is 4. The molecule has 0 aromatic heterocycles. The third kappa shape index (κ3) is 5.08. The Hall–Kier alpha value is 0.352. The Labute approximate surface area is 89.4 Å². The average Bonchev–Trinajstić information content (AvgIpc) is 2.07. The van der Waals surface area contributed by atoms with E-state index < -0.39 is 0 Å². The summed E-state index contributed by atoms with van der Waals surface area (Å²) in [5.74, 6) is 0. The maximum atomic E-state index is 5.28. The first kappa shape index (κ1) is 12.4. The van der Waals surface area contributed by atoms with E-state index in [-0.39, 0.29) is 26.8 Å². The summed E-state index contributed by atoms with van der Waals surface area (Å²) >= 11 is 0.0780. The van der Waals surface area contributed by atoms with Crippen molar-refractivity contribution in [3.8, 4) is 0 Å². The maximum Gasteiger partial charge on any atom is -1.00 e. The Kier molecular flexibility index (Phi) is 8.21. The zero-order valence-corrected chi connectivity index (χ0v) is 9.59. The van der Waals surface area contributed by atoms with E-state index in [4.69, 9.17) is 3.79 Å². The van der Waals surface area contributed by atoms with Crippen LogP contribution in [0, 0.1) is 0 Å². The molecule has 1 nitrogen and oxygen atoms in total. The molecular weight excluding hydrogens is 207 g/mol. The Morgan fingerprint density at radius 1 is 1.33 bits per heavy atom. The minimum Gasteiger partial charge on any atom is -1.00 e. The normalized spacial score (nSPS) is 8.42. The molecule has 4 heteroatoms. The Balaban J connectivity index is 0.00000121. The van der Waals surface area contributed by atoms with Crippen molar-refractivity contribution in [2.75, 3.05) is 6.61 Å².